The summed E-state index contributed by atoms with van der Waals surface area (Å²) in [5.41, 5.74) is 0.455. The maximum absolute atomic E-state index is 13.5. The van der Waals surface area contributed by atoms with Gasteiger partial charge in [-0.1, -0.05) is 0 Å². The van der Waals surface area contributed by atoms with Crippen LogP contribution in [0.25, 0.3) is 0 Å². The molecular formula is C30H25AsO3. The van der Waals surface area contributed by atoms with Gasteiger partial charge in [-0.15, -0.1) is 0 Å². The van der Waals surface area contributed by atoms with Gasteiger partial charge in [-0.05, 0) is 0 Å². The summed E-state index contributed by atoms with van der Waals surface area (Å²) in [5, 5.41) is 0. The number of rotatable bonds is 7. The minimum atomic E-state index is -3.84. The van der Waals surface area contributed by atoms with E-state index in [0.29, 0.717) is 5.56 Å². The van der Waals surface area contributed by atoms with Gasteiger partial charge in [0, 0.05) is 0 Å². The molecule has 0 radical (unpaired) electrons. The molecule has 0 unspecified atom stereocenters. The zero-order chi connectivity index (χ0) is 24.7. The van der Waals surface area contributed by atoms with Crippen LogP contribution < -0.4 is 13.1 Å². The number of ether oxygens (including phenoxy) is 1. The van der Waals surface area contributed by atoms with Crippen molar-refractivity contribution >= 4 is 42.2 Å². The predicted molar refractivity (Wildman–Crippen MR) is 141 cm³/mol. The van der Waals surface area contributed by atoms with Crippen molar-refractivity contribution in [3.8, 4) is 0 Å². The Hall–Kier alpha value is -3.81. The van der Waals surface area contributed by atoms with E-state index in [9.17, 15) is 9.59 Å². The van der Waals surface area contributed by atoms with Gasteiger partial charge in [0.15, 0.2) is 0 Å². The number of carbonyl (C=O) groups is 2. The molecule has 0 spiro atoms. The van der Waals surface area contributed by atoms with E-state index < -0.39 is 19.1 Å². The topological polar surface area (TPSA) is 43.4 Å². The SMILES string of the molecule is [2H]/C(=C\C(=O)c1ccccc1)C(C(=O)OC)=[As](c1ccccc1)(c1ccccc1)c1ccccc1. The average molecular weight is 509 g/mol. The molecular weight excluding hydrogens is 483 g/mol. The van der Waals surface area contributed by atoms with E-state index in [1.54, 1.807) is 24.3 Å². The Morgan fingerprint density at radius 1 is 0.676 bits per heavy atom. The van der Waals surface area contributed by atoms with Gasteiger partial charge in [-0.3, -0.25) is 0 Å². The number of carbonyl (C=O) groups excluding carboxylic acids is 2. The zero-order valence-electron chi connectivity index (χ0n) is 19.8. The summed E-state index contributed by atoms with van der Waals surface area (Å²) in [4.78, 5) is 26.6. The van der Waals surface area contributed by atoms with Crippen molar-refractivity contribution in [3.05, 3.63) is 139 Å². The molecule has 0 amide bonds. The maximum atomic E-state index is 13.5. The molecule has 4 heteroatoms. The summed E-state index contributed by atoms with van der Waals surface area (Å²) < 4.78 is 17.5. The van der Waals surface area contributed by atoms with Crippen LogP contribution in [0.5, 0.6) is 0 Å². The number of allylic oxidation sites excluding steroid dienone is 1. The van der Waals surface area contributed by atoms with Crippen LogP contribution in [0.3, 0.4) is 0 Å². The Bertz CT molecular complexity index is 1290. The van der Waals surface area contributed by atoms with E-state index in [4.69, 9.17) is 6.11 Å². The second-order valence-electron chi connectivity index (χ2n) is 7.54. The summed E-state index contributed by atoms with van der Waals surface area (Å²) in [7, 11) is 1.32. The van der Waals surface area contributed by atoms with Gasteiger partial charge < -0.3 is 0 Å². The third-order valence-corrected chi connectivity index (χ3v) is 14.4. The number of benzene rings is 4. The Kier molecular flexibility index (Phi) is 7.04. The van der Waals surface area contributed by atoms with Crippen molar-refractivity contribution in [3.63, 3.8) is 0 Å². The summed E-state index contributed by atoms with van der Waals surface area (Å²) in [5.74, 6) is -0.934. The molecule has 0 N–H and O–H groups in total. The van der Waals surface area contributed by atoms with Crippen LogP contribution in [0.4, 0.5) is 0 Å². The van der Waals surface area contributed by atoms with Crippen molar-refractivity contribution in [1.29, 1.82) is 0 Å². The number of methoxy groups -OCH3 is 1. The van der Waals surface area contributed by atoms with Crippen molar-refractivity contribution in [2.75, 3.05) is 7.11 Å². The molecule has 0 atom stereocenters. The Labute approximate surface area is 203 Å². The second-order valence-corrected chi connectivity index (χ2v) is 14.5. The van der Waals surface area contributed by atoms with Crippen molar-refractivity contribution < 1.29 is 15.7 Å². The fourth-order valence-electron chi connectivity index (χ4n) is 4.00. The third kappa shape index (κ3) is 4.62. The second kappa shape index (κ2) is 10.9. The minimum absolute atomic E-state index is 0.130. The van der Waals surface area contributed by atoms with Crippen LogP contribution in [0.1, 0.15) is 11.7 Å². The first kappa shape index (κ1) is 22.0. The standard InChI is InChI=1S/C30H25AsO3/c1-34-30(33)28(22-23-29(32)24-14-6-2-7-15-24)31(25-16-8-3-9-17-25,26-18-10-4-11-19-26)27-20-12-5-13-21-27/h2-23H,1H3/b23-22+/i22D. The molecule has 0 saturated carbocycles. The first-order valence-electron chi connectivity index (χ1n) is 11.4. The first-order chi connectivity index (χ1) is 17.1. The number of hydrogen-bond acceptors (Lipinski definition) is 3. The van der Waals surface area contributed by atoms with Crippen molar-refractivity contribution in [1.82, 2.24) is 0 Å². The molecule has 0 aliphatic heterocycles. The Balaban J connectivity index is 2.18. The molecule has 0 aliphatic rings. The summed E-state index contributed by atoms with van der Waals surface area (Å²) in [6, 6.07) is 38.1. The molecule has 0 fully saturated rings. The van der Waals surface area contributed by atoms with E-state index in [1.807, 2.05) is 97.1 Å². The summed E-state index contributed by atoms with van der Waals surface area (Å²) >= 11 is -3.84. The van der Waals surface area contributed by atoms with Gasteiger partial charge in [-0.2, -0.15) is 0 Å². The Morgan fingerprint density at radius 3 is 1.44 bits per heavy atom. The van der Waals surface area contributed by atoms with E-state index >= 15 is 0 Å². The van der Waals surface area contributed by atoms with Crippen LogP contribution in [-0.4, -0.2) is 36.3 Å². The monoisotopic (exact) mass is 509 g/mol. The van der Waals surface area contributed by atoms with E-state index in [-0.39, 0.29) is 16.1 Å². The van der Waals surface area contributed by atoms with Gasteiger partial charge >= 0.3 is 204 Å². The molecule has 0 aliphatic carbocycles. The van der Waals surface area contributed by atoms with Crippen molar-refractivity contribution in [2.24, 2.45) is 0 Å². The quantitative estimate of drug-likeness (QED) is 0.166. The number of ketones is 1. The molecule has 0 heterocycles. The van der Waals surface area contributed by atoms with Gasteiger partial charge in [-0.25, -0.2) is 0 Å². The fourth-order valence-corrected chi connectivity index (χ4v) is 12.7. The number of hydrogen-bond donors (Lipinski definition) is 0. The molecule has 0 saturated heterocycles. The average Bonchev–Trinajstić information content (AvgIpc) is 2.93. The van der Waals surface area contributed by atoms with Crippen LogP contribution in [-0.2, 0) is 9.53 Å². The van der Waals surface area contributed by atoms with Crippen LogP contribution in [0.15, 0.2) is 133 Å². The first-order valence-corrected chi connectivity index (χ1v) is 14.6. The van der Waals surface area contributed by atoms with Gasteiger partial charge in [0.05, 0.1) is 0 Å². The fraction of sp³-hybridized carbons (Fsp3) is 0.0333. The van der Waals surface area contributed by atoms with Gasteiger partial charge in [0.25, 0.3) is 0 Å². The molecule has 34 heavy (non-hydrogen) atoms. The molecule has 0 aromatic heterocycles. The number of esters is 1. The zero-order valence-corrected chi connectivity index (χ0v) is 20.7. The van der Waals surface area contributed by atoms with E-state index in [2.05, 4.69) is 0 Å². The van der Waals surface area contributed by atoms with Gasteiger partial charge in [0.1, 0.15) is 0 Å². The normalized spacial score (nSPS) is 11.9. The van der Waals surface area contributed by atoms with Crippen LogP contribution in [0.2, 0.25) is 0 Å². The molecule has 4 aromatic carbocycles. The molecule has 168 valence electrons. The van der Waals surface area contributed by atoms with Crippen molar-refractivity contribution in [2.45, 2.75) is 0 Å². The third-order valence-electron chi connectivity index (χ3n) is 5.54. The summed E-state index contributed by atoms with van der Waals surface area (Å²) in [6.07, 6.45) is 1.24. The molecule has 3 nitrogen and oxygen atoms in total. The van der Waals surface area contributed by atoms with Crippen LogP contribution in [0, 0.1) is 0 Å². The van der Waals surface area contributed by atoms with E-state index in [1.165, 1.54) is 13.2 Å². The molecule has 4 aromatic rings. The predicted octanol–water partition coefficient (Wildman–Crippen LogP) is 3.52. The van der Waals surface area contributed by atoms with E-state index in [0.717, 1.165) is 13.1 Å². The Morgan fingerprint density at radius 2 is 1.06 bits per heavy atom. The van der Waals surface area contributed by atoms with Gasteiger partial charge in [0.2, 0.25) is 0 Å². The summed E-state index contributed by atoms with van der Waals surface area (Å²) in [6.45, 7) is 0. The molecule has 0 bridgehead atoms. The van der Waals surface area contributed by atoms with Crippen LogP contribution >= 0.6 is 0 Å². The molecule has 4 rings (SSSR count).